The largest absolute Gasteiger partial charge is 0.368 e. The summed E-state index contributed by atoms with van der Waals surface area (Å²) >= 11 is 1.49. The van der Waals surface area contributed by atoms with Crippen LogP contribution in [0.4, 0.5) is 5.69 Å². The van der Waals surface area contributed by atoms with Crippen molar-refractivity contribution in [2.45, 2.75) is 55.5 Å². The Morgan fingerprint density at radius 3 is 2.50 bits per heavy atom. The van der Waals surface area contributed by atoms with E-state index in [0.717, 1.165) is 44.2 Å². The second-order valence-corrected chi connectivity index (χ2v) is 8.91. The molecule has 8 heteroatoms. The van der Waals surface area contributed by atoms with Gasteiger partial charge in [0.05, 0.1) is 11.3 Å². The molecule has 1 aromatic heterocycles. The number of piperazine rings is 1. The van der Waals surface area contributed by atoms with E-state index in [2.05, 4.69) is 44.7 Å². The first-order chi connectivity index (χ1) is 13.7. The Morgan fingerprint density at radius 1 is 1.07 bits per heavy atom. The highest BCUT2D eigenvalue weighted by molar-refractivity contribution is 8.00. The maximum Gasteiger partial charge on any atom is 0.236 e. The van der Waals surface area contributed by atoms with Gasteiger partial charge >= 0.3 is 0 Å². The van der Waals surface area contributed by atoms with Crippen LogP contribution in [0.25, 0.3) is 0 Å². The quantitative estimate of drug-likeness (QED) is 0.719. The van der Waals surface area contributed by atoms with Gasteiger partial charge in [-0.2, -0.15) is 0 Å². The standard InChI is InChI=1S/C20H28N6OS/c1-16(28-20-21-22-23-26(20)18-10-6-3-7-11-18)19(27)25-14-12-24(13-15-25)17-8-4-2-5-9-17/h2,4-5,8-9,16,18H,3,6-7,10-15H2,1H3. The van der Waals surface area contributed by atoms with E-state index in [1.165, 1.54) is 36.7 Å². The first-order valence-corrected chi connectivity index (χ1v) is 11.1. The molecule has 1 aromatic carbocycles. The monoisotopic (exact) mass is 400 g/mol. The van der Waals surface area contributed by atoms with E-state index in [9.17, 15) is 4.79 Å². The second-order valence-electron chi connectivity index (χ2n) is 7.61. The molecule has 0 spiro atoms. The van der Waals surface area contributed by atoms with Crippen molar-refractivity contribution in [1.82, 2.24) is 25.1 Å². The van der Waals surface area contributed by atoms with Gasteiger partial charge in [0.25, 0.3) is 0 Å². The third kappa shape index (κ3) is 4.32. The number of carbonyl (C=O) groups is 1. The van der Waals surface area contributed by atoms with E-state index in [4.69, 9.17) is 0 Å². The summed E-state index contributed by atoms with van der Waals surface area (Å²) in [6.45, 7) is 5.22. The number of thioether (sulfide) groups is 1. The van der Waals surface area contributed by atoms with E-state index in [0.29, 0.717) is 6.04 Å². The molecule has 1 saturated carbocycles. The van der Waals surface area contributed by atoms with Gasteiger partial charge < -0.3 is 9.80 Å². The van der Waals surface area contributed by atoms with Crippen molar-refractivity contribution in [1.29, 1.82) is 0 Å². The number of anilines is 1. The number of amides is 1. The summed E-state index contributed by atoms with van der Waals surface area (Å²) in [7, 11) is 0. The second kappa shape index (κ2) is 8.94. The molecule has 4 rings (SSSR count). The number of benzene rings is 1. The summed E-state index contributed by atoms with van der Waals surface area (Å²) in [5, 5.41) is 12.9. The zero-order chi connectivity index (χ0) is 19.3. The molecule has 1 aliphatic carbocycles. The predicted octanol–water partition coefficient (Wildman–Crippen LogP) is 3.01. The number of tetrazole rings is 1. The van der Waals surface area contributed by atoms with Gasteiger partial charge in [-0.05, 0) is 42.3 Å². The minimum absolute atomic E-state index is 0.177. The molecule has 2 fully saturated rings. The van der Waals surface area contributed by atoms with Crippen LogP contribution in [0.5, 0.6) is 0 Å². The normalized spacial score (nSPS) is 19.6. The fraction of sp³-hybridized carbons (Fsp3) is 0.600. The third-order valence-electron chi connectivity index (χ3n) is 5.73. The number of aromatic nitrogens is 4. The fourth-order valence-corrected chi connectivity index (χ4v) is 5.05. The van der Waals surface area contributed by atoms with Crippen LogP contribution in [0.1, 0.15) is 45.1 Å². The van der Waals surface area contributed by atoms with Crippen molar-refractivity contribution >= 4 is 23.4 Å². The summed E-state index contributed by atoms with van der Waals surface area (Å²) in [5.41, 5.74) is 1.23. The van der Waals surface area contributed by atoms with E-state index in [1.807, 2.05) is 22.6 Å². The molecule has 150 valence electrons. The number of carbonyl (C=O) groups excluding carboxylic acids is 1. The topological polar surface area (TPSA) is 67.2 Å². The van der Waals surface area contributed by atoms with Crippen molar-refractivity contribution in [3.8, 4) is 0 Å². The van der Waals surface area contributed by atoms with E-state index >= 15 is 0 Å². The van der Waals surface area contributed by atoms with E-state index in [-0.39, 0.29) is 11.2 Å². The average Bonchev–Trinajstić information content (AvgIpc) is 3.22. The molecule has 2 heterocycles. The number of nitrogens with zero attached hydrogens (tertiary/aromatic N) is 6. The minimum atomic E-state index is -0.184. The Balaban J connectivity index is 1.33. The third-order valence-corrected chi connectivity index (χ3v) is 6.76. The van der Waals surface area contributed by atoms with Gasteiger partial charge in [-0.15, -0.1) is 5.10 Å². The maximum absolute atomic E-state index is 13.0. The molecule has 1 unspecified atom stereocenters. The van der Waals surface area contributed by atoms with Gasteiger partial charge in [0.2, 0.25) is 11.1 Å². The summed E-state index contributed by atoms with van der Waals surface area (Å²) < 4.78 is 1.95. The lowest BCUT2D eigenvalue weighted by Crippen LogP contribution is -2.50. The van der Waals surface area contributed by atoms with Crippen LogP contribution in [-0.2, 0) is 4.79 Å². The Hall–Kier alpha value is -2.09. The van der Waals surface area contributed by atoms with Gasteiger partial charge in [0, 0.05) is 31.9 Å². The molecule has 0 radical (unpaired) electrons. The lowest BCUT2D eigenvalue weighted by molar-refractivity contribution is -0.130. The number of hydrogen-bond acceptors (Lipinski definition) is 6. The number of rotatable bonds is 5. The first kappa shape index (κ1) is 19.2. The van der Waals surface area contributed by atoms with Gasteiger partial charge in [-0.25, -0.2) is 4.68 Å². The molecule has 2 aromatic rings. The van der Waals surface area contributed by atoms with Crippen LogP contribution < -0.4 is 4.90 Å². The Labute approximate surface area is 170 Å². The zero-order valence-corrected chi connectivity index (χ0v) is 17.2. The fourth-order valence-electron chi connectivity index (χ4n) is 4.11. The lowest BCUT2D eigenvalue weighted by Gasteiger charge is -2.37. The molecule has 1 amide bonds. The highest BCUT2D eigenvalue weighted by atomic mass is 32.2. The molecule has 1 saturated heterocycles. The van der Waals surface area contributed by atoms with Crippen molar-refractivity contribution in [2.75, 3.05) is 31.1 Å². The van der Waals surface area contributed by atoms with E-state index in [1.54, 1.807) is 0 Å². The molecule has 7 nitrogen and oxygen atoms in total. The molecular weight excluding hydrogens is 372 g/mol. The average molecular weight is 401 g/mol. The number of hydrogen-bond donors (Lipinski definition) is 0. The number of para-hydroxylation sites is 1. The summed E-state index contributed by atoms with van der Waals surface area (Å²) in [6.07, 6.45) is 6.01. The lowest BCUT2D eigenvalue weighted by atomic mass is 9.96. The Kier molecular flexibility index (Phi) is 6.14. The zero-order valence-electron chi connectivity index (χ0n) is 16.4. The van der Waals surface area contributed by atoms with Crippen LogP contribution in [0.15, 0.2) is 35.5 Å². The first-order valence-electron chi connectivity index (χ1n) is 10.3. The van der Waals surface area contributed by atoms with E-state index < -0.39 is 0 Å². The molecule has 1 atom stereocenters. The van der Waals surface area contributed by atoms with Crippen LogP contribution in [-0.4, -0.2) is 62.4 Å². The van der Waals surface area contributed by atoms with Gasteiger partial charge in [0.15, 0.2) is 0 Å². The smallest absolute Gasteiger partial charge is 0.236 e. The Morgan fingerprint density at radius 2 is 1.79 bits per heavy atom. The Bertz CT molecular complexity index is 768. The molecule has 1 aliphatic heterocycles. The highest BCUT2D eigenvalue weighted by Crippen LogP contribution is 2.31. The van der Waals surface area contributed by atoms with Crippen LogP contribution >= 0.6 is 11.8 Å². The highest BCUT2D eigenvalue weighted by Gasteiger charge is 2.28. The molecule has 28 heavy (non-hydrogen) atoms. The minimum Gasteiger partial charge on any atom is -0.368 e. The van der Waals surface area contributed by atoms with Crippen molar-refractivity contribution in [2.24, 2.45) is 0 Å². The van der Waals surface area contributed by atoms with Crippen LogP contribution in [0.2, 0.25) is 0 Å². The van der Waals surface area contributed by atoms with Crippen molar-refractivity contribution < 1.29 is 4.79 Å². The summed E-state index contributed by atoms with van der Waals surface area (Å²) in [6, 6.07) is 10.8. The predicted molar refractivity (Wildman–Crippen MR) is 110 cm³/mol. The maximum atomic E-state index is 13.0. The van der Waals surface area contributed by atoms with Crippen LogP contribution in [0.3, 0.4) is 0 Å². The molecule has 0 bridgehead atoms. The molecule has 0 N–H and O–H groups in total. The van der Waals surface area contributed by atoms with Crippen molar-refractivity contribution in [3.63, 3.8) is 0 Å². The van der Waals surface area contributed by atoms with Crippen molar-refractivity contribution in [3.05, 3.63) is 30.3 Å². The van der Waals surface area contributed by atoms with Gasteiger partial charge in [0.1, 0.15) is 0 Å². The van der Waals surface area contributed by atoms with Gasteiger partial charge in [-0.1, -0.05) is 49.2 Å². The summed E-state index contributed by atoms with van der Waals surface area (Å²) in [5.74, 6) is 0.177. The van der Waals surface area contributed by atoms with Crippen LogP contribution in [0, 0.1) is 0 Å². The summed E-state index contributed by atoms with van der Waals surface area (Å²) in [4.78, 5) is 17.3. The molecular formula is C20H28N6OS. The van der Waals surface area contributed by atoms with Gasteiger partial charge in [-0.3, -0.25) is 4.79 Å². The SMILES string of the molecule is CC(Sc1nnnn1C1CCCCC1)C(=O)N1CCN(c2ccccc2)CC1. The molecule has 2 aliphatic rings.